The van der Waals surface area contributed by atoms with E-state index in [0.29, 0.717) is 12.5 Å². The minimum absolute atomic E-state index is 0. The lowest BCUT2D eigenvalue weighted by atomic mass is 10.1. The molecule has 1 heterocycles. The van der Waals surface area contributed by atoms with Crippen molar-refractivity contribution < 1.29 is 14.6 Å². The molecule has 0 radical (unpaired) electrons. The number of halogens is 1. The van der Waals surface area contributed by atoms with Crippen LogP contribution in [0.1, 0.15) is 18.1 Å². The second kappa shape index (κ2) is 11.9. The molecule has 29 heavy (non-hydrogen) atoms. The standard InChI is InChI=1S/C22H29N3O3.HI/c1-3-23-22(25-14-20-12-17-8-4-5-10-21(17)28-20)24-13-18(26)15-27-19-9-6-7-16(2)11-19;/h4-11,18,20,26H,3,12-15H2,1-2H3,(H2,23,24,25);1H. The number of ether oxygens (including phenoxy) is 2. The average molecular weight is 511 g/mol. The first kappa shape index (κ1) is 23.3. The molecule has 3 rings (SSSR count). The Labute approximate surface area is 189 Å². The molecule has 0 aliphatic carbocycles. The number of para-hydroxylation sites is 1. The lowest BCUT2D eigenvalue weighted by Gasteiger charge is -2.16. The maximum Gasteiger partial charge on any atom is 0.191 e. The number of hydrogen-bond donors (Lipinski definition) is 3. The number of nitrogens with zero attached hydrogens (tertiary/aromatic N) is 1. The molecule has 1 aliphatic rings. The summed E-state index contributed by atoms with van der Waals surface area (Å²) in [5.41, 5.74) is 2.36. The van der Waals surface area contributed by atoms with E-state index in [0.717, 1.165) is 30.0 Å². The first-order valence-electron chi connectivity index (χ1n) is 9.78. The van der Waals surface area contributed by atoms with Gasteiger partial charge >= 0.3 is 0 Å². The second-order valence-corrected chi connectivity index (χ2v) is 6.93. The van der Waals surface area contributed by atoms with Gasteiger partial charge in [-0.1, -0.05) is 30.3 Å². The average Bonchev–Trinajstić information content (AvgIpc) is 3.11. The maximum absolute atomic E-state index is 10.2. The van der Waals surface area contributed by atoms with Crippen LogP contribution in [-0.2, 0) is 6.42 Å². The molecule has 0 saturated heterocycles. The Kier molecular flexibility index (Phi) is 9.53. The van der Waals surface area contributed by atoms with Gasteiger partial charge in [-0.25, -0.2) is 0 Å². The quantitative estimate of drug-likeness (QED) is 0.289. The monoisotopic (exact) mass is 511 g/mol. The van der Waals surface area contributed by atoms with Gasteiger partial charge in [-0.05, 0) is 43.2 Å². The highest BCUT2D eigenvalue weighted by atomic mass is 127. The third-order valence-electron chi connectivity index (χ3n) is 4.45. The molecule has 6 nitrogen and oxygen atoms in total. The molecule has 0 saturated carbocycles. The fourth-order valence-corrected chi connectivity index (χ4v) is 3.07. The zero-order valence-electron chi connectivity index (χ0n) is 16.9. The van der Waals surface area contributed by atoms with Gasteiger partial charge in [-0.15, -0.1) is 24.0 Å². The highest BCUT2D eigenvalue weighted by molar-refractivity contribution is 14.0. The molecule has 0 aromatic heterocycles. The van der Waals surface area contributed by atoms with Gasteiger partial charge < -0.3 is 25.2 Å². The Morgan fingerprint density at radius 3 is 2.83 bits per heavy atom. The molecule has 2 atom stereocenters. The van der Waals surface area contributed by atoms with Crippen molar-refractivity contribution in [2.45, 2.75) is 32.5 Å². The topological polar surface area (TPSA) is 75.1 Å². The van der Waals surface area contributed by atoms with Gasteiger partial charge in [0.1, 0.15) is 30.3 Å². The molecule has 7 heteroatoms. The molecule has 0 amide bonds. The minimum Gasteiger partial charge on any atom is -0.491 e. The molecule has 1 aliphatic heterocycles. The van der Waals surface area contributed by atoms with E-state index in [9.17, 15) is 5.11 Å². The molecule has 158 valence electrons. The first-order chi connectivity index (χ1) is 13.6. The SMILES string of the molecule is CCNC(=NCC(O)COc1cccc(C)c1)NCC1Cc2ccccc2O1.I. The zero-order chi connectivity index (χ0) is 19.8. The Morgan fingerprint density at radius 1 is 1.24 bits per heavy atom. The van der Waals surface area contributed by atoms with Crippen LogP contribution in [0.25, 0.3) is 0 Å². The van der Waals surface area contributed by atoms with Crippen molar-refractivity contribution in [1.82, 2.24) is 10.6 Å². The molecule has 0 spiro atoms. The van der Waals surface area contributed by atoms with Crippen LogP contribution >= 0.6 is 24.0 Å². The Balaban J connectivity index is 0.00000300. The Morgan fingerprint density at radius 2 is 2.07 bits per heavy atom. The molecule has 2 unspecified atom stereocenters. The fraction of sp³-hybridized carbons (Fsp3) is 0.409. The van der Waals surface area contributed by atoms with Crippen molar-refractivity contribution in [2.75, 3.05) is 26.2 Å². The summed E-state index contributed by atoms with van der Waals surface area (Å²) in [5.74, 6) is 2.38. The van der Waals surface area contributed by atoms with E-state index < -0.39 is 6.10 Å². The predicted molar refractivity (Wildman–Crippen MR) is 127 cm³/mol. The van der Waals surface area contributed by atoms with Crippen molar-refractivity contribution in [1.29, 1.82) is 0 Å². The number of aliphatic hydroxyl groups is 1. The van der Waals surface area contributed by atoms with Gasteiger partial charge in [0.05, 0.1) is 13.1 Å². The van der Waals surface area contributed by atoms with E-state index in [1.165, 1.54) is 5.56 Å². The highest BCUT2D eigenvalue weighted by Gasteiger charge is 2.22. The number of rotatable bonds is 8. The van der Waals surface area contributed by atoms with Crippen LogP contribution < -0.4 is 20.1 Å². The van der Waals surface area contributed by atoms with E-state index in [1.807, 2.05) is 56.3 Å². The number of hydrogen-bond acceptors (Lipinski definition) is 4. The summed E-state index contributed by atoms with van der Waals surface area (Å²) < 4.78 is 11.6. The second-order valence-electron chi connectivity index (χ2n) is 6.93. The lowest BCUT2D eigenvalue weighted by Crippen LogP contribution is -2.42. The van der Waals surface area contributed by atoms with E-state index in [-0.39, 0.29) is 43.2 Å². The number of fused-ring (bicyclic) bond motifs is 1. The maximum atomic E-state index is 10.2. The van der Waals surface area contributed by atoms with Gasteiger partial charge in [0.15, 0.2) is 5.96 Å². The van der Waals surface area contributed by atoms with Crippen molar-refractivity contribution in [3.05, 3.63) is 59.7 Å². The fourth-order valence-electron chi connectivity index (χ4n) is 3.07. The molecule has 0 bridgehead atoms. The van der Waals surface area contributed by atoms with Gasteiger partial charge in [0.25, 0.3) is 0 Å². The summed E-state index contributed by atoms with van der Waals surface area (Å²) >= 11 is 0. The number of benzene rings is 2. The van der Waals surface area contributed by atoms with Crippen LogP contribution in [0.4, 0.5) is 0 Å². The number of aliphatic imine (C=N–C) groups is 1. The number of nitrogens with one attached hydrogen (secondary N) is 2. The number of aryl methyl sites for hydroxylation is 1. The van der Waals surface area contributed by atoms with Gasteiger partial charge in [-0.3, -0.25) is 4.99 Å². The Bertz CT molecular complexity index is 775. The Hall–Kier alpha value is -2.00. The predicted octanol–water partition coefficient (Wildman–Crippen LogP) is 2.91. The molecule has 2 aromatic rings. The van der Waals surface area contributed by atoms with Crippen molar-refractivity contribution in [2.24, 2.45) is 4.99 Å². The molecular formula is C22H30IN3O3. The lowest BCUT2D eigenvalue weighted by molar-refractivity contribution is 0.114. The van der Waals surface area contributed by atoms with Gasteiger partial charge in [0.2, 0.25) is 0 Å². The summed E-state index contributed by atoms with van der Waals surface area (Å²) in [6.07, 6.45) is 0.286. The van der Waals surface area contributed by atoms with Crippen LogP contribution in [0.5, 0.6) is 11.5 Å². The first-order valence-corrected chi connectivity index (χ1v) is 9.78. The van der Waals surface area contributed by atoms with Crippen molar-refractivity contribution in [3.8, 4) is 11.5 Å². The van der Waals surface area contributed by atoms with Crippen LogP contribution in [0.3, 0.4) is 0 Å². The molecular weight excluding hydrogens is 481 g/mol. The van der Waals surface area contributed by atoms with Crippen molar-refractivity contribution >= 4 is 29.9 Å². The van der Waals surface area contributed by atoms with E-state index in [4.69, 9.17) is 9.47 Å². The van der Waals surface area contributed by atoms with Crippen LogP contribution in [0.15, 0.2) is 53.5 Å². The third-order valence-corrected chi connectivity index (χ3v) is 4.45. The number of aliphatic hydroxyl groups excluding tert-OH is 1. The number of guanidine groups is 1. The summed E-state index contributed by atoms with van der Waals surface area (Å²) in [6.45, 7) is 5.87. The van der Waals surface area contributed by atoms with E-state index >= 15 is 0 Å². The largest absolute Gasteiger partial charge is 0.491 e. The van der Waals surface area contributed by atoms with E-state index in [1.54, 1.807) is 0 Å². The van der Waals surface area contributed by atoms with E-state index in [2.05, 4.69) is 21.7 Å². The van der Waals surface area contributed by atoms with Crippen molar-refractivity contribution in [3.63, 3.8) is 0 Å². The summed E-state index contributed by atoms with van der Waals surface area (Å²) in [5, 5.41) is 16.7. The van der Waals surface area contributed by atoms with Crippen LogP contribution in [0, 0.1) is 6.92 Å². The smallest absolute Gasteiger partial charge is 0.191 e. The van der Waals surface area contributed by atoms with Crippen LogP contribution in [-0.4, -0.2) is 49.5 Å². The molecule has 2 aromatic carbocycles. The minimum atomic E-state index is -0.678. The summed E-state index contributed by atoms with van der Waals surface area (Å²) in [6, 6.07) is 15.9. The third kappa shape index (κ3) is 7.40. The normalized spacial score (nSPS) is 16.2. The summed E-state index contributed by atoms with van der Waals surface area (Å²) in [4.78, 5) is 4.46. The van der Waals surface area contributed by atoms with Gasteiger partial charge in [-0.2, -0.15) is 0 Å². The molecule has 3 N–H and O–H groups in total. The van der Waals surface area contributed by atoms with Crippen LogP contribution in [0.2, 0.25) is 0 Å². The summed E-state index contributed by atoms with van der Waals surface area (Å²) in [7, 11) is 0. The zero-order valence-corrected chi connectivity index (χ0v) is 19.3. The molecule has 0 fully saturated rings. The van der Waals surface area contributed by atoms with Gasteiger partial charge in [0, 0.05) is 13.0 Å². The highest BCUT2D eigenvalue weighted by Crippen LogP contribution is 2.27.